The zero-order chi connectivity index (χ0) is 15.4. The first-order valence-corrected chi connectivity index (χ1v) is 6.85. The van der Waals surface area contributed by atoms with Gasteiger partial charge in [0, 0.05) is 18.0 Å². The molecule has 2 rings (SSSR count). The number of carbonyl (C=O) groups is 1. The minimum atomic E-state index is -0.670. The van der Waals surface area contributed by atoms with E-state index >= 15 is 0 Å². The molecule has 0 saturated carbocycles. The van der Waals surface area contributed by atoms with Crippen molar-refractivity contribution in [2.45, 2.75) is 26.7 Å². The normalized spacial score (nSPS) is 12.5. The average Bonchev–Trinajstić information content (AvgIpc) is 2.46. The summed E-state index contributed by atoms with van der Waals surface area (Å²) in [7, 11) is 0. The third kappa shape index (κ3) is 3.59. The Morgan fingerprint density at radius 2 is 2.05 bits per heavy atom. The molecule has 1 aromatic heterocycles. The molecule has 1 heterocycles. The standard InChI is InChI=1S/C15H17N3O3/c1-9(2)10(8-14(19)18-21)7-13-16-12-6-4-3-5-11(12)15(20)17-13/h3-6,9-10H,7-8H2,1-2H3,(H,16,17,20). The quantitative estimate of drug-likeness (QED) is 0.855. The fraction of sp³-hybridized carbons (Fsp3) is 0.400. The van der Waals surface area contributed by atoms with E-state index < -0.39 is 5.91 Å². The Kier molecular flexibility index (Phi) is 4.57. The molecule has 0 aliphatic carbocycles. The molecular formula is C15H17N3O3. The molecule has 1 unspecified atom stereocenters. The third-order valence-electron chi connectivity index (χ3n) is 3.60. The molecule has 6 heteroatoms. The van der Waals surface area contributed by atoms with Crippen LogP contribution in [-0.4, -0.2) is 15.9 Å². The lowest BCUT2D eigenvalue weighted by Gasteiger charge is -2.18. The maximum atomic E-state index is 12.0. The number of amides is 1. The summed E-state index contributed by atoms with van der Waals surface area (Å²) in [6.07, 6.45) is 0.497. The number of hydrogen-bond acceptors (Lipinski definition) is 4. The molecule has 0 spiro atoms. The summed E-state index contributed by atoms with van der Waals surface area (Å²) in [5, 5.41) is 2.97. The van der Waals surface area contributed by atoms with Gasteiger partial charge in [0.2, 0.25) is 0 Å². The number of nitrogens with zero attached hydrogens (tertiary/aromatic N) is 2. The number of carbonyl (C=O) groups excluding carboxylic acids is 1. The summed E-state index contributed by atoms with van der Waals surface area (Å²) >= 11 is 0. The minimum Gasteiger partial charge on any atom is -0.310 e. The van der Waals surface area contributed by atoms with Crippen molar-refractivity contribution in [2.24, 2.45) is 17.0 Å². The van der Waals surface area contributed by atoms with Crippen molar-refractivity contribution < 1.29 is 4.79 Å². The zero-order valence-corrected chi connectivity index (χ0v) is 12.0. The highest BCUT2D eigenvalue weighted by molar-refractivity contribution is 5.77. The van der Waals surface area contributed by atoms with Crippen LogP contribution in [0.1, 0.15) is 26.1 Å². The van der Waals surface area contributed by atoms with Gasteiger partial charge >= 0.3 is 0 Å². The van der Waals surface area contributed by atoms with Crippen molar-refractivity contribution in [2.75, 3.05) is 0 Å². The van der Waals surface area contributed by atoms with Gasteiger partial charge < -0.3 is 4.98 Å². The van der Waals surface area contributed by atoms with E-state index in [2.05, 4.69) is 15.1 Å². The number of nitroso groups, excluding NO2 is 1. The van der Waals surface area contributed by atoms with Gasteiger partial charge in [-0.25, -0.2) is 4.98 Å². The lowest BCUT2D eigenvalue weighted by molar-refractivity contribution is -0.119. The van der Waals surface area contributed by atoms with Gasteiger partial charge in [-0.05, 0) is 24.0 Å². The van der Waals surface area contributed by atoms with E-state index in [1.807, 2.05) is 19.9 Å². The van der Waals surface area contributed by atoms with E-state index in [-0.39, 0.29) is 23.8 Å². The Morgan fingerprint density at radius 3 is 2.71 bits per heavy atom. The Balaban J connectivity index is 2.30. The van der Waals surface area contributed by atoms with Crippen LogP contribution in [0.5, 0.6) is 0 Å². The predicted molar refractivity (Wildman–Crippen MR) is 79.8 cm³/mol. The van der Waals surface area contributed by atoms with Gasteiger partial charge in [0.05, 0.1) is 10.9 Å². The summed E-state index contributed by atoms with van der Waals surface area (Å²) in [4.78, 5) is 40.7. The van der Waals surface area contributed by atoms with E-state index in [0.29, 0.717) is 23.1 Å². The van der Waals surface area contributed by atoms with Crippen molar-refractivity contribution in [3.05, 3.63) is 45.4 Å². The molecule has 2 aromatic rings. The lowest BCUT2D eigenvalue weighted by Crippen LogP contribution is -2.20. The molecule has 1 aromatic carbocycles. The number of benzene rings is 1. The van der Waals surface area contributed by atoms with Crippen LogP contribution >= 0.6 is 0 Å². The largest absolute Gasteiger partial charge is 0.310 e. The van der Waals surface area contributed by atoms with E-state index in [9.17, 15) is 14.5 Å². The topological polar surface area (TPSA) is 92.2 Å². The zero-order valence-electron chi connectivity index (χ0n) is 12.0. The van der Waals surface area contributed by atoms with Gasteiger partial charge in [0.15, 0.2) is 0 Å². The van der Waals surface area contributed by atoms with Crippen molar-refractivity contribution in [1.82, 2.24) is 9.97 Å². The molecular weight excluding hydrogens is 270 g/mol. The number of rotatable bonds is 5. The van der Waals surface area contributed by atoms with Crippen molar-refractivity contribution in [3.8, 4) is 0 Å². The maximum Gasteiger partial charge on any atom is 0.286 e. The second kappa shape index (κ2) is 6.39. The fourth-order valence-electron chi connectivity index (χ4n) is 2.29. The Hall–Kier alpha value is -2.37. The summed E-state index contributed by atoms with van der Waals surface area (Å²) in [6, 6.07) is 7.09. The van der Waals surface area contributed by atoms with Crippen LogP contribution < -0.4 is 5.56 Å². The SMILES string of the molecule is CC(C)C(CC(=O)N=O)Cc1nc2ccccc2c(=O)[nH]1. The van der Waals surface area contributed by atoms with Crippen LogP contribution in [0.2, 0.25) is 0 Å². The Morgan fingerprint density at radius 1 is 1.33 bits per heavy atom. The van der Waals surface area contributed by atoms with Crippen LogP contribution in [0, 0.1) is 16.7 Å². The van der Waals surface area contributed by atoms with Gasteiger partial charge in [-0.3, -0.25) is 9.59 Å². The second-order valence-electron chi connectivity index (χ2n) is 5.43. The second-order valence-corrected chi connectivity index (χ2v) is 5.43. The minimum absolute atomic E-state index is 0.0672. The van der Waals surface area contributed by atoms with Crippen LogP contribution in [-0.2, 0) is 11.2 Å². The molecule has 6 nitrogen and oxygen atoms in total. The van der Waals surface area contributed by atoms with E-state index in [0.717, 1.165) is 0 Å². The first-order valence-electron chi connectivity index (χ1n) is 6.85. The molecule has 0 radical (unpaired) electrons. The molecule has 0 aliphatic rings. The molecule has 1 atom stereocenters. The highest BCUT2D eigenvalue weighted by atomic mass is 16.3. The van der Waals surface area contributed by atoms with Gasteiger partial charge in [-0.2, -0.15) is 0 Å². The van der Waals surface area contributed by atoms with Crippen LogP contribution in [0.25, 0.3) is 10.9 Å². The summed E-state index contributed by atoms with van der Waals surface area (Å²) in [6.45, 7) is 3.92. The van der Waals surface area contributed by atoms with Crippen molar-refractivity contribution in [3.63, 3.8) is 0 Å². The molecule has 0 aliphatic heterocycles. The van der Waals surface area contributed by atoms with Gasteiger partial charge in [-0.15, -0.1) is 4.91 Å². The molecule has 21 heavy (non-hydrogen) atoms. The molecule has 0 saturated heterocycles. The number of fused-ring (bicyclic) bond motifs is 1. The van der Waals surface area contributed by atoms with Crippen LogP contribution in [0.15, 0.2) is 34.2 Å². The number of hydrogen-bond donors (Lipinski definition) is 1. The van der Waals surface area contributed by atoms with E-state index in [4.69, 9.17) is 0 Å². The number of H-pyrrole nitrogens is 1. The summed E-state index contributed by atoms with van der Waals surface area (Å²) < 4.78 is 0. The Labute approximate surface area is 121 Å². The lowest BCUT2D eigenvalue weighted by atomic mass is 9.89. The predicted octanol–water partition coefficient (Wildman–Crippen LogP) is 2.42. The molecule has 1 N–H and O–H groups in total. The van der Waals surface area contributed by atoms with E-state index in [1.165, 1.54) is 0 Å². The van der Waals surface area contributed by atoms with Crippen LogP contribution in [0.3, 0.4) is 0 Å². The Bertz CT molecular complexity index is 721. The average molecular weight is 287 g/mol. The maximum absolute atomic E-state index is 12.0. The number of para-hydroxylation sites is 1. The smallest absolute Gasteiger partial charge is 0.286 e. The van der Waals surface area contributed by atoms with Crippen LogP contribution in [0.4, 0.5) is 0 Å². The van der Waals surface area contributed by atoms with Crippen molar-refractivity contribution in [1.29, 1.82) is 0 Å². The summed E-state index contributed by atoms with van der Waals surface area (Å²) in [5.41, 5.74) is 0.427. The molecule has 0 fully saturated rings. The fourth-order valence-corrected chi connectivity index (χ4v) is 2.29. The molecule has 1 amide bonds. The van der Waals surface area contributed by atoms with Gasteiger partial charge in [0.1, 0.15) is 5.82 Å². The van der Waals surface area contributed by atoms with Gasteiger partial charge in [0.25, 0.3) is 11.5 Å². The molecule has 0 bridgehead atoms. The summed E-state index contributed by atoms with van der Waals surface area (Å²) in [5.74, 6) is -0.0556. The number of nitrogens with one attached hydrogen (secondary N) is 1. The first-order chi connectivity index (χ1) is 10.0. The number of aromatic nitrogens is 2. The highest BCUT2D eigenvalue weighted by Gasteiger charge is 2.20. The molecule has 110 valence electrons. The highest BCUT2D eigenvalue weighted by Crippen LogP contribution is 2.20. The van der Waals surface area contributed by atoms with Gasteiger partial charge in [-0.1, -0.05) is 26.0 Å². The van der Waals surface area contributed by atoms with Crippen molar-refractivity contribution >= 4 is 16.8 Å². The monoisotopic (exact) mass is 287 g/mol. The number of aromatic amines is 1. The third-order valence-corrected chi connectivity index (χ3v) is 3.60. The first kappa shape index (κ1) is 15.0. The van der Waals surface area contributed by atoms with E-state index in [1.54, 1.807) is 18.2 Å².